The Morgan fingerprint density at radius 2 is 2.04 bits per heavy atom. The molecular weight excluding hydrogens is 437 g/mol. The number of hydrogen-bond acceptors (Lipinski definition) is 4. The molecule has 5 heteroatoms. The SMILES string of the molecule is CC(C)c1ccccc1C1CN(Cc2ccnc3occc23)CCN1I. The number of halogens is 1. The lowest BCUT2D eigenvalue weighted by atomic mass is 9.91. The smallest absolute Gasteiger partial charge is 0.226 e. The second kappa shape index (κ2) is 7.66. The molecule has 1 aliphatic heterocycles. The Labute approximate surface area is 168 Å². The van der Waals surface area contributed by atoms with Crippen LogP contribution in [0.5, 0.6) is 0 Å². The van der Waals surface area contributed by atoms with Crippen LogP contribution >= 0.6 is 22.9 Å². The standard InChI is InChI=1S/C21H24IN3O/c1-15(2)17-5-3-4-6-19(17)20-14-24(10-11-25(20)22)13-16-7-9-23-21-18(16)8-12-26-21/h3-9,12,15,20H,10-11,13-14H2,1-2H3. The van der Waals surface area contributed by atoms with E-state index in [-0.39, 0.29) is 0 Å². The summed E-state index contributed by atoms with van der Waals surface area (Å²) < 4.78 is 7.93. The predicted octanol–water partition coefficient (Wildman–Crippen LogP) is 5.16. The van der Waals surface area contributed by atoms with Crippen LogP contribution < -0.4 is 0 Å². The van der Waals surface area contributed by atoms with Crippen LogP contribution in [0.3, 0.4) is 0 Å². The van der Waals surface area contributed by atoms with Crippen LogP contribution in [0.25, 0.3) is 11.1 Å². The van der Waals surface area contributed by atoms with Crippen molar-refractivity contribution < 1.29 is 4.42 Å². The van der Waals surface area contributed by atoms with Gasteiger partial charge in [-0.2, -0.15) is 0 Å². The van der Waals surface area contributed by atoms with E-state index in [0.717, 1.165) is 37.3 Å². The van der Waals surface area contributed by atoms with Crippen LogP contribution in [0.1, 0.15) is 42.5 Å². The summed E-state index contributed by atoms with van der Waals surface area (Å²) in [6.07, 6.45) is 3.58. The number of pyridine rings is 1. The average molecular weight is 461 g/mol. The molecule has 0 bridgehead atoms. The molecule has 1 atom stereocenters. The molecule has 1 fully saturated rings. The van der Waals surface area contributed by atoms with Gasteiger partial charge in [-0.25, -0.2) is 8.10 Å². The summed E-state index contributed by atoms with van der Waals surface area (Å²) in [5.74, 6) is 0.539. The highest BCUT2D eigenvalue weighted by Gasteiger charge is 2.29. The lowest BCUT2D eigenvalue weighted by molar-refractivity contribution is 0.148. The quantitative estimate of drug-likeness (QED) is 0.397. The highest BCUT2D eigenvalue weighted by Crippen LogP contribution is 2.34. The van der Waals surface area contributed by atoms with E-state index in [9.17, 15) is 0 Å². The Balaban J connectivity index is 1.58. The molecule has 1 aromatic carbocycles. The number of fused-ring (bicyclic) bond motifs is 1. The van der Waals surface area contributed by atoms with Crippen LogP contribution in [0, 0.1) is 0 Å². The first-order valence-corrected chi connectivity index (χ1v) is 10.1. The van der Waals surface area contributed by atoms with Crippen molar-refractivity contribution in [3.05, 3.63) is 65.5 Å². The molecular formula is C21H24IN3O. The minimum Gasteiger partial charge on any atom is -0.446 e. The summed E-state index contributed by atoms with van der Waals surface area (Å²) in [6.45, 7) is 8.67. The van der Waals surface area contributed by atoms with Crippen LogP contribution in [0.2, 0.25) is 0 Å². The first-order valence-electron chi connectivity index (χ1n) is 9.18. The number of piperazine rings is 1. The molecule has 2 aromatic heterocycles. The van der Waals surface area contributed by atoms with E-state index in [1.807, 2.05) is 12.3 Å². The van der Waals surface area contributed by atoms with Gasteiger partial charge in [0.15, 0.2) is 0 Å². The Kier molecular flexibility index (Phi) is 5.29. The van der Waals surface area contributed by atoms with E-state index in [4.69, 9.17) is 4.42 Å². The molecule has 136 valence electrons. The summed E-state index contributed by atoms with van der Waals surface area (Å²) in [5, 5.41) is 1.13. The van der Waals surface area contributed by atoms with E-state index in [1.54, 1.807) is 6.26 Å². The molecule has 4 nitrogen and oxygen atoms in total. The van der Waals surface area contributed by atoms with Crippen LogP contribution in [-0.4, -0.2) is 32.6 Å². The first-order chi connectivity index (χ1) is 12.6. The number of rotatable bonds is 4. The topological polar surface area (TPSA) is 32.5 Å². The van der Waals surface area contributed by atoms with Crippen molar-refractivity contribution in [2.24, 2.45) is 0 Å². The second-order valence-corrected chi connectivity index (χ2v) is 8.51. The molecule has 0 radical (unpaired) electrons. The van der Waals surface area contributed by atoms with Crippen molar-refractivity contribution in [1.82, 2.24) is 13.0 Å². The molecule has 0 N–H and O–H groups in total. The molecule has 1 unspecified atom stereocenters. The molecule has 3 heterocycles. The number of benzene rings is 1. The maximum Gasteiger partial charge on any atom is 0.226 e. The zero-order valence-corrected chi connectivity index (χ0v) is 17.4. The molecule has 1 aliphatic rings. The van der Waals surface area contributed by atoms with Crippen LogP contribution in [0.15, 0.2) is 53.3 Å². The maximum absolute atomic E-state index is 5.46. The lowest BCUT2D eigenvalue weighted by Crippen LogP contribution is -2.44. The van der Waals surface area contributed by atoms with E-state index in [2.05, 4.69) is 80.0 Å². The van der Waals surface area contributed by atoms with E-state index in [1.165, 1.54) is 16.7 Å². The Bertz CT molecular complexity index is 892. The number of hydrogen-bond donors (Lipinski definition) is 0. The van der Waals surface area contributed by atoms with Crippen molar-refractivity contribution >= 4 is 34.0 Å². The molecule has 0 aliphatic carbocycles. The summed E-state index contributed by atoms with van der Waals surface area (Å²) in [6, 6.07) is 13.5. The van der Waals surface area contributed by atoms with Gasteiger partial charge in [0.2, 0.25) is 5.71 Å². The molecule has 3 aromatic rings. The minimum atomic E-state index is 0.421. The van der Waals surface area contributed by atoms with Gasteiger partial charge in [0, 0.05) is 60.6 Å². The Morgan fingerprint density at radius 1 is 1.19 bits per heavy atom. The highest BCUT2D eigenvalue weighted by molar-refractivity contribution is 14.1. The van der Waals surface area contributed by atoms with Gasteiger partial charge in [0.25, 0.3) is 0 Å². The van der Waals surface area contributed by atoms with E-state index in [0.29, 0.717) is 12.0 Å². The number of nitrogens with zero attached hydrogens (tertiary/aromatic N) is 3. The van der Waals surface area contributed by atoms with Gasteiger partial charge in [-0.05, 0) is 34.7 Å². The van der Waals surface area contributed by atoms with Gasteiger partial charge in [-0.15, -0.1) is 0 Å². The zero-order valence-electron chi connectivity index (χ0n) is 15.2. The van der Waals surface area contributed by atoms with Crippen LogP contribution in [-0.2, 0) is 6.54 Å². The second-order valence-electron chi connectivity index (χ2n) is 7.27. The van der Waals surface area contributed by atoms with Gasteiger partial charge < -0.3 is 4.42 Å². The van der Waals surface area contributed by atoms with Crippen LogP contribution in [0.4, 0.5) is 0 Å². The molecule has 0 spiro atoms. The fourth-order valence-electron chi connectivity index (χ4n) is 3.86. The number of furan rings is 1. The predicted molar refractivity (Wildman–Crippen MR) is 113 cm³/mol. The molecule has 1 saturated heterocycles. The largest absolute Gasteiger partial charge is 0.446 e. The molecule has 0 saturated carbocycles. The lowest BCUT2D eigenvalue weighted by Gasteiger charge is -2.39. The van der Waals surface area contributed by atoms with Gasteiger partial charge in [0.05, 0.1) is 12.3 Å². The summed E-state index contributed by atoms with van der Waals surface area (Å²) in [7, 11) is 0. The van der Waals surface area contributed by atoms with Crippen molar-refractivity contribution in [2.45, 2.75) is 32.4 Å². The van der Waals surface area contributed by atoms with E-state index < -0.39 is 0 Å². The Hall–Kier alpha value is -1.44. The Morgan fingerprint density at radius 3 is 2.88 bits per heavy atom. The zero-order chi connectivity index (χ0) is 18.1. The normalized spacial score (nSPS) is 19.5. The van der Waals surface area contributed by atoms with E-state index >= 15 is 0 Å². The third-order valence-corrected chi connectivity index (χ3v) is 6.38. The minimum absolute atomic E-state index is 0.421. The van der Waals surface area contributed by atoms with Gasteiger partial charge in [-0.3, -0.25) is 4.90 Å². The number of aromatic nitrogens is 1. The van der Waals surface area contributed by atoms with Gasteiger partial charge in [0.1, 0.15) is 0 Å². The van der Waals surface area contributed by atoms with Crippen molar-refractivity contribution in [3.63, 3.8) is 0 Å². The summed E-state index contributed by atoms with van der Waals surface area (Å²) in [4.78, 5) is 6.86. The fraction of sp³-hybridized carbons (Fsp3) is 0.381. The third-order valence-electron chi connectivity index (χ3n) is 5.23. The van der Waals surface area contributed by atoms with Gasteiger partial charge in [-0.1, -0.05) is 38.1 Å². The summed E-state index contributed by atoms with van der Waals surface area (Å²) >= 11 is 2.50. The fourth-order valence-corrected chi connectivity index (χ4v) is 4.55. The molecule has 4 rings (SSSR count). The molecule has 26 heavy (non-hydrogen) atoms. The van der Waals surface area contributed by atoms with Crippen molar-refractivity contribution in [3.8, 4) is 0 Å². The molecule has 0 amide bonds. The first kappa shape index (κ1) is 17.9. The van der Waals surface area contributed by atoms with Crippen molar-refractivity contribution in [2.75, 3.05) is 19.6 Å². The summed E-state index contributed by atoms with van der Waals surface area (Å²) in [5.41, 5.74) is 4.95. The maximum atomic E-state index is 5.46. The monoisotopic (exact) mass is 461 g/mol. The van der Waals surface area contributed by atoms with Crippen molar-refractivity contribution in [1.29, 1.82) is 0 Å². The average Bonchev–Trinajstić information content (AvgIpc) is 3.13. The highest BCUT2D eigenvalue weighted by atomic mass is 127. The van der Waals surface area contributed by atoms with Gasteiger partial charge >= 0.3 is 0 Å². The third kappa shape index (κ3) is 3.52.